The van der Waals surface area contributed by atoms with Gasteiger partial charge in [-0.1, -0.05) is 12.1 Å². The predicted molar refractivity (Wildman–Crippen MR) is 77.3 cm³/mol. The monoisotopic (exact) mass is 296 g/mol. The molecule has 1 atom stereocenters. The van der Waals surface area contributed by atoms with Gasteiger partial charge in [-0.25, -0.2) is 9.19 Å². The lowest BCUT2D eigenvalue weighted by Crippen LogP contribution is -2.00. The van der Waals surface area contributed by atoms with Crippen molar-refractivity contribution in [3.63, 3.8) is 0 Å². The number of hydrogen-bond donors (Lipinski definition) is 2. The van der Waals surface area contributed by atoms with Crippen LogP contribution < -0.4 is 4.72 Å². The van der Waals surface area contributed by atoms with Crippen molar-refractivity contribution in [3.05, 3.63) is 35.7 Å². The Bertz CT molecular complexity index is 687. The molecule has 2 N–H and O–H groups in total. The van der Waals surface area contributed by atoms with Gasteiger partial charge in [0.15, 0.2) is 0 Å². The van der Waals surface area contributed by atoms with Crippen LogP contribution in [0, 0.1) is 0 Å². The molecule has 0 spiro atoms. The summed E-state index contributed by atoms with van der Waals surface area (Å²) in [5.74, 6) is 0. The summed E-state index contributed by atoms with van der Waals surface area (Å²) >= 11 is 0.897. The molecule has 92 valence electrons. The van der Waals surface area contributed by atoms with Gasteiger partial charge in [-0.15, -0.1) is 22.7 Å². The minimum absolute atomic E-state index is 0.662. The molecule has 0 aliphatic carbocycles. The third-order valence-corrected chi connectivity index (χ3v) is 4.78. The number of aromatic nitrogens is 1. The first-order valence-electron chi connectivity index (χ1n) is 5.05. The Hall–Kier alpha value is -1.28. The summed E-state index contributed by atoms with van der Waals surface area (Å²) < 4.78 is 23.3. The maximum Gasteiger partial charge on any atom is 0.259 e. The molecule has 0 radical (unpaired) electrons. The second-order valence-electron chi connectivity index (χ2n) is 3.50. The molecule has 0 amide bonds. The molecule has 1 unspecified atom stereocenters. The Labute approximate surface area is 114 Å². The fourth-order valence-corrected chi connectivity index (χ4v) is 3.99. The minimum atomic E-state index is -2.06. The number of benzene rings is 1. The molecule has 0 saturated carbocycles. The predicted octanol–water partition coefficient (Wildman–Crippen LogP) is 3.57. The van der Waals surface area contributed by atoms with Gasteiger partial charge in [0.1, 0.15) is 10.0 Å². The van der Waals surface area contributed by atoms with Gasteiger partial charge in [-0.3, -0.25) is 9.27 Å². The fourth-order valence-electron chi connectivity index (χ4n) is 1.62. The molecule has 0 fully saturated rings. The summed E-state index contributed by atoms with van der Waals surface area (Å²) in [5, 5.41) is 3.39. The number of hydrogen-bond acceptors (Lipinski definition) is 4. The first kappa shape index (κ1) is 11.8. The van der Waals surface area contributed by atoms with Crippen LogP contribution in [0.5, 0.6) is 0 Å². The van der Waals surface area contributed by atoms with Gasteiger partial charge in [0.2, 0.25) is 0 Å². The van der Waals surface area contributed by atoms with Gasteiger partial charge in [-0.2, -0.15) is 0 Å². The van der Waals surface area contributed by atoms with Gasteiger partial charge in [0.25, 0.3) is 11.3 Å². The zero-order valence-electron chi connectivity index (χ0n) is 8.99. The normalized spacial score (nSPS) is 12.7. The first-order chi connectivity index (χ1) is 8.74. The largest absolute Gasteiger partial charge is 0.289 e. The summed E-state index contributed by atoms with van der Waals surface area (Å²) in [6.45, 7) is 0. The molecule has 0 bridgehead atoms. The standard InChI is InChI=1S/C11H8N2O2S3/c14-18(15)13-11-7(5-6-16-11)10-12-8-3-1-2-4-9(8)17-10/h1-6,13H,(H,14,15). The van der Waals surface area contributed by atoms with Crippen LogP contribution in [0.15, 0.2) is 35.7 Å². The van der Waals surface area contributed by atoms with Crippen molar-refractivity contribution in [1.82, 2.24) is 4.98 Å². The molecule has 4 nitrogen and oxygen atoms in total. The lowest BCUT2D eigenvalue weighted by molar-refractivity contribution is 0.570. The quantitative estimate of drug-likeness (QED) is 0.726. The van der Waals surface area contributed by atoms with E-state index in [0.717, 1.165) is 20.8 Å². The average molecular weight is 296 g/mol. The van der Waals surface area contributed by atoms with Crippen molar-refractivity contribution in [2.24, 2.45) is 0 Å². The minimum Gasteiger partial charge on any atom is -0.289 e. The van der Waals surface area contributed by atoms with E-state index < -0.39 is 11.3 Å². The molecular formula is C11H8N2O2S3. The van der Waals surface area contributed by atoms with E-state index in [1.165, 1.54) is 11.3 Å². The van der Waals surface area contributed by atoms with E-state index in [-0.39, 0.29) is 0 Å². The van der Waals surface area contributed by atoms with Crippen molar-refractivity contribution in [2.45, 2.75) is 0 Å². The highest BCUT2D eigenvalue weighted by molar-refractivity contribution is 7.80. The number of anilines is 1. The fraction of sp³-hybridized carbons (Fsp3) is 0. The SMILES string of the molecule is O=S(O)Nc1sccc1-c1nc2ccccc2s1. The number of nitrogens with one attached hydrogen (secondary N) is 1. The highest BCUT2D eigenvalue weighted by atomic mass is 32.2. The number of nitrogens with zero attached hydrogens (tertiary/aromatic N) is 1. The van der Waals surface area contributed by atoms with Gasteiger partial charge >= 0.3 is 0 Å². The molecule has 0 aliphatic rings. The number of fused-ring (bicyclic) bond motifs is 1. The Morgan fingerprint density at radius 1 is 1.28 bits per heavy atom. The summed E-state index contributed by atoms with van der Waals surface area (Å²) in [4.78, 5) is 4.53. The third-order valence-electron chi connectivity index (χ3n) is 2.37. The number of thiophene rings is 1. The molecule has 7 heteroatoms. The van der Waals surface area contributed by atoms with Crippen LogP contribution in [0.3, 0.4) is 0 Å². The summed E-state index contributed by atoms with van der Waals surface area (Å²) in [5.41, 5.74) is 1.81. The van der Waals surface area contributed by atoms with Gasteiger partial charge in [0, 0.05) is 5.56 Å². The molecule has 2 heterocycles. The van der Waals surface area contributed by atoms with Crippen molar-refractivity contribution in [2.75, 3.05) is 4.72 Å². The Morgan fingerprint density at radius 2 is 2.11 bits per heavy atom. The van der Waals surface area contributed by atoms with Gasteiger partial charge in [0.05, 0.1) is 10.2 Å². The Balaban J connectivity index is 2.08. The lowest BCUT2D eigenvalue weighted by atomic mass is 10.3. The molecule has 0 aliphatic heterocycles. The van der Waals surface area contributed by atoms with Crippen LogP contribution in [-0.4, -0.2) is 13.7 Å². The second kappa shape index (κ2) is 4.77. The topological polar surface area (TPSA) is 62.2 Å². The first-order valence-corrected chi connectivity index (χ1v) is 7.85. The second-order valence-corrected chi connectivity index (χ2v) is 6.15. The summed E-state index contributed by atoms with van der Waals surface area (Å²) in [6, 6.07) is 9.79. The molecular weight excluding hydrogens is 288 g/mol. The van der Waals surface area contributed by atoms with Crippen LogP contribution in [0.25, 0.3) is 20.8 Å². The van der Waals surface area contributed by atoms with Crippen LogP contribution in [0.1, 0.15) is 0 Å². The highest BCUT2D eigenvalue weighted by Crippen LogP contribution is 2.37. The number of rotatable bonds is 3. The van der Waals surface area contributed by atoms with Crippen molar-refractivity contribution in [3.8, 4) is 10.6 Å². The van der Waals surface area contributed by atoms with Gasteiger partial charge in [-0.05, 0) is 23.6 Å². The molecule has 3 rings (SSSR count). The van der Waals surface area contributed by atoms with E-state index >= 15 is 0 Å². The zero-order chi connectivity index (χ0) is 12.5. The van der Waals surface area contributed by atoms with Crippen LogP contribution >= 0.6 is 22.7 Å². The lowest BCUT2D eigenvalue weighted by Gasteiger charge is -1.99. The molecule has 2 aromatic heterocycles. The van der Waals surface area contributed by atoms with Crippen molar-refractivity contribution in [1.29, 1.82) is 0 Å². The smallest absolute Gasteiger partial charge is 0.259 e. The molecule has 3 aromatic rings. The maximum absolute atomic E-state index is 10.8. The van der Waals surface area contributed by atoms with Crippen molar-refractivity contribution >= 4 is 49.2 Å². The number of para-hydroxylation sites is 1. The maximum atomic E-state index is 10.8. The van der Waals surface area contributed by atoms with Crippen LogP contribution in [0.4, 0.5) is 5.00 Å². The van der Waals surface area contributed by atoms with Crippen molar-refractivity contribution < 1.29 is 8.76 Å². The Kier molecular flexibility index (Phi) is 3.13. The van der Waals surface area contributed by atoms with Gasteiger partial charge < -0.3 is 0 Å². The number of thiazole rings is 1. The molecule has 0 saturated heterocycles. The summed E-state index contributed by atoms with van der Waals surface area (Å²) in [7, 11) is 0. The summed E-state index contributed by atoms with van der Waals surface area (Å²) in [6.07, 6.45) is 0. The molecule has 18 heavy (non-hydrogen) atoms. The molecule has 1 aromatic carbocycles. The third kappa shape index (κ3) is 2.17. The van der Waals surface area contributed by atoms with Crippen LogP contribution in [-0.2, 0) is 11.3 Å². The van der Waals surface area contributed by atoms with E-state index in [4.69, 9.17) is 4.55 Å². The Morgan fingerprint density at radius 3 is 2.89 bits per heavy atom. The van der Waals surface area contributed by atoms with E-state index in [9.17, 15) is 4.21 Å². The van der Waals surface area contributed by atoms with E-state index in [2.05, 4.69) is 9.71 Å². The van der Waals surface area contributed by atoms with E-state index in [1.807, 2.05) is 35.7 Å². The average Bonchev–Trinajstić information content (AvgIpc) is 2.93. The van der Waals surface area contributed by atoms with Crippen LogP contribution in [0.2, 0.25) is 0 Å². The zero-order valence-corrected chi connectivity index (χ0v) is 11.4. The highest BCUT2D eigenvalue weighted by Gasteiger charge is 2.12. The van der Waals surface area contributed by atoms with E-state index in [0.29, 0.717) is 5.00 Å². The van der Waals surface area contributed by atoms with E-state index in [1.54, 1.807) is 11.3 Å².